The van der Waals surface area contributed by atoms with Crippen LogP contribution in [0.4, 0.5) is 11.4 Å². The molecular weight excluding hydrogens is 474 g/mol. The minimum Gasteiger partial charge on any atom is -0.456 e. The van der Waals surface area contributed by atoms with Gasteiger partial charge in [-0.2, -0.15) is 0 Å². The van der Waals surface area contributed by atoms with Crippen molar-refractivity contribution in [3.8, 4) is 22.3 Å². The molecule has 0 saturated carbocycles. The van der Waals surface area contributed by atoms with Crippen molar-refractivity contribution in [2.45, 2.75) is 19.3 Å². The molecular formula is C37H27NO. The molecule has 0 fully saturated rings. The summed E-state index contributed by atoms with van der Waals surface area (Å²) < 4.78 is 6.12. The Bertz CT molecular complexity index is 2060. The smallest absolute Gasteiger partial charge is 0.136 e. The first-order chi connectivity index (χ1) is 19.1. The van der Waals surface area contributed by atoms with Crippen LogP contribution in [0.25, 0.3) is 55.0 Å². The maximum absolute atomic E-state index is 6.12. The molecule has 0 spiro atoms. The lowest BCUT2D eigenvalue weighted by molar-refractivity contribution is 0.661. The first-order valence-electron chi connectivity index (χ1n) is 13.5. The second-order valence-electron chi connectivity index (χ2n) is 11.1. The molecule has 0 radical (unpaired) electrons. The van der Waals surface area contributed by atoms with Gasteiger partial charge in [-0.25, -0.2) is 0 Å². The number of fused-ring (bicyclic) bond motifs is 7. The van der Waals surface area contributed by atoms with Gasteiger partial charge in [0.15, 0.2) is 0 Å². The van der Waals surface area contributed by atoms with E-state index in [2.05, 4.69) is 122 Å². The first-order valence-corrected chi connectivity index (χ1v) is 13.5. The Hall–Kier alpha value is -4.82. The maximum Gasteiger partial charge on any atom is 0.136 e. The highest BCUT2D eigenvalue weighted by molar-refractivity contribution is 6.12. The Morgan fingerprint density at radius 2 is 1.31 bits per heavy atom. The van der Waals surface area contributed by atoms with Crippen molar-refractivity contribution >= 4 is 44.1 Å². The monoisotopic (exact) mass is 501 g/mol. The van der Waals surface area contributed by atoms with E-state index in [9.17, 15) is 0 Å². The minimum absolute atomic E-state index is 0.0533. The lowest BCUT2D eigenvalue weighted by Crippen LogP contribution is -2.14. The van der Waals surface area contributed by atoms with Crippen molar-refractivity contribution in [3.63, 3.8) is 0 Å². The molecule has 1 aliphatic rings. The highest BCUT2D eigenvalue weighted by atomic mass is 16.3. The molecule has 6 aromatic carbocycles. The molecule has 39 heavy (non-hydrogen) atoms. The molecule has 8 rings (SSSR count). The van der Waals surface area contributed by atoms with Crippen molar-refractivity contribution in [1.82, 2.24) is 0 Å². The van der Waals surface area contributed by atoms with Gasteiger partial charge in [-0.3, -0.25) is 0 Å². The van der Waals surface area contributed by atoms with Crippen molar-refractivity contribution in [2.75, 3.05) is 5.32 Å². The number of rotatable bonds is 3. The summed E-state index contributed by atoms with van der Waals surface area (Å²) in [7, 11) is 0. The summed E-state index contributed by atoms with van der Waals surface area (Å²) >= 11 is 0. The highest BCUT2D eigenvalue weighted by Gasteiger charge is 2.37. The van der Waals surface area contributed by atoms with E-state index in [-0.39, 0.29) is 5.41 Å². The molecule has 0 saturated heterocycles. The van der Waals surface area contributed by atoms with Gasteiger partial charge in [-0.15, -0.1) is 0 Å². The van der Waals surface area contributed by atoms with Crippen LogP contribution in [0.15, 0.2) is 126 Å². The van der Waals surface area contributed by atoms with Gasteiger partial charge < -0.3 is 9.73 Å². The summed E-state index contributed by atoms with van der Waals surface area (Å²) in [6.07, 6.45) is 0. The van der Waals surface area contributed by atoms with Crippen LogP contribution in [0.1, 0.15) is 25.0 Å². The predicted octanol–water partition coefficient (Wildman–Crippen LogP) is 10.5. The van der Waals surface area contributed by atoms with Crippen LogP contribution in [0.2, 0.25) is 0 Å². The number of para-hydroxylation sites is 1. The molecule has 0 amide bonds. The van der Waals surface area contributed by atoms with E-state index < -0.39 is 0 Å². The van der Waals surface area contributed by atoms with Gasteiger partial charge in [-0.1, -0.05) is 92.7 Å². The van der Waals surface area contributed by atoms with Crippen molar-refractivity contribution in [1.29, 1.82) is 0 Å². The van der Waals surface area contributed by atoms with E-state index in [0.29, 0.717) is 0 Å². The fourth-order valence-electron chi connectivity index (χ4n) is 6.48. The number of anilines is 2. The molecule has 1 aliphatic carbocycles. The molecule has 0 aliphatic heterocycles. The maximum atomic E-state index is 6.12. The average molecular weight is 502 g/mol. The number of hydrogen-bond acceptors (Lipinski definition) is 2. The van der Waals surface area contributed by atoms with E-state index in [1.54, 1.807) is 0 Å². The summed E-state index contributed by atoms with van der Waals surface area (Å²) in [6, 6.07) is 43.4. The third-order valence-electron chi connectivity index (χ3n) is 8.44. The summed E-state index contributed by atoms with van der Waals surface area (Å²) in [5.74, 6) is 0. The Balaban J connectivity index is 1.20. The predicted molar refractivity (Wildman–Crippen MR) is 164 cm³/mol. The molecule has 2 nitrogen and oxygen atoms in total. The van der Waals surface area contributed by atoms with Crippen molar-refractivity contribution < 1.29 is 4.42 Å². The van der Waals surface area contributed by atoms with Gasteiger partial charge in [0.05, 0.1) is 0 Å². The van der Waals surface area contributed by atoms with E-state index in [0.717, 1.165) is 27.9 Å². The van der Waals surface area contributed by atoms with Crippen molar-refractivity contribution in [2.24, 2.45) is 0 Å². The Labute approximate surface area is 227 Å². The summed E-state index contributed by atoms with van der Waals surface area (Å²) in [5, 5.41) is 8.64. The number of nitrogens with one attached hydrogen (secondary N) is 1. The molecule has 7 aromatic rings. The summed E-state index contributed by atoms with van der Waals surface area (Å²) in [4.78, 5) is 0. The molecule has 1 aromatic heterocycles. The van der Waals surface area contributed by atoms with Crippen LogP contribution in [-0.4, -0.2) is 0 Å². The van der Waals surface area contributed by atoms with Crippen LogP contribution in [-0.2, 0) is 5.41 Å². The van der Waals surface area contributed by atoms with E-state index in [1.165, 1.54) is 49.5 Å². The molecule has 2 heteroatoms. The lowest BCUT2D eigenvalue weighted by Gasteiger charge is -2.22. The third-order valence-corrected chi connectivity index (χ3v) is 8.44. The largest absolute Gasteiger partial charge is 0.456 e. The highest BCUT2D eigenvalue weighted by Crippen LogP contribution is 2.52. The third kappa shape index (κ3) is 3.28. The molecule has 1 N–H and O–H groups in total. The molecule has 0 unspecified atom stereocenters. The fourth-order valence-corrected chi connectivity index (χ4v) is 6.48. The molecule has 1 heterocycles. The number of furan rings is 1. The second-order valence-corrected chi connectivity index (χ2v) is 11.1. The second kappa shape index (κ2) is 8.09. The zero-order valence-electron chi connectivity index (χ0n) is 22.0. The van der Waals surface area contributed by atoms with Gasteiger partial charge in [0, 0.05) is 33.1 Å². The minimum atomic E-state index is -0.0533. The topological polar surface area (TPSA) is 25.2 Å². The van der Waals surface area contributed by atoms with Crippen LogP contribution in [0, 0.1) is 0 Å². The lowest BCUT2D eigenvalue weighted by atomic mass is 9.82. The summed E-state index contributed by atoms with van der Waals surface area (Å²) in [5.41, 5.74) is 11.8. The SMILES string of the molecule is CC1(C)c2cc3ccccc3cc2-c2c(Nc3ccc(-c4cccc5oc6ccccc6c45)cc3)cccc21. The standard InChI is InChI=1S/C37H27NO/c1-37(2)30-13-8-14-32(36(30)29-21-24-9-3-4-10-25(24)22-31(29)37)38-26-19-17-23(18-20-26)27-12-7-16-34-35(27)28-11-5-6-15-33(28)39-34/h3-22,38H,1-2H3. The van der Waals surface area contributed by atoms with Crippen LogP contribution in [0.3, 0.4) is 0 Å². The Kier molecular flexibility index (Phi) is 4.60. The number of benzene rings is 6. The summed E-state index contributed by atoms with van der Waals surface area (Å²) in [6.45, 7) is 4.68. The van der Waals surface area contributed by atoms with E-state index in [4.69, 9.17) is 4.42 Å². The van der Waals surface area contributed by atoms with Crippen LogP contribution in [0.5, 0.6) is 0 Å². The fraction of sp³-hybridized carbons (Fsp3) is 0.0811. The van der Waals surface area contributed by atoms with Crippen LogP contribution >= 0.6 is 0 Å². The normalized spacial score (nSPS) is 13.6. The zero-order chi connectivity index (χ0) is 26.1. The van der Waals surface area contributed by atoms with Crippen LogP contribution < -0.4 is 5.32 Å². The Morgan fingerprint density at radius 3 is 2.15 bits per heavy atom. The van der Waals surface area contributed by atoms with Crippen molar-refractivity contribution in [3.05, 3.63) is 132 Å². The zero-order valence-corrected chi connectivity index (χ0v) is 22.0. The van der Waals surface area contributed by atoms with Gasteiger partial charge in [0.25, 0.3) is 0 Å². The average Bonchev–Trinajstić information content (AvgIpc) is 3.45. The quantitative estimate of drug-likeness (QED) is 0.260. The molecule has 0 atom stereocenters. The van der Waals surface area contributed by atoms with E-state index in [1.807, 2.05) is 18.2 Å². The van der Waals surface area contributed by atoms with Gasteiger partial charge in [0.1, 0.15) is 11.2 Å². The van der Waals surface area contributed by atoms with Gasteiger partial charge >= 0.3 is 0 Å². The number of hydrogen-bond donors (Lipinski definition) is 1. The molecule has 186 valence electrons. The first kappa shape index (κ1) is 22.2. The van der Waals surface area contributed by atoms with Gasteiger partial charge in [0.2, 0.25) is 0 Å². The molecule has 0 bridgehead atoms. The Morgan fingerprint density at radius 1 is 0.590 bits per heavy atom. The van der Waals surface area contributed by atoms with E-state index >= 15 is 0 Å². The van der Waals surface area contributed by atoms with Gasteiger partial charge in [-0.05, 0) is 81.1 Å².